The molecule has 0 aliphatic heterocycles. The van der Waals surface area contributed by atoms with Gasteiger partial charge in [-0.3, -0.25) is 9.59 Å². The lowest BCUT2D eigenvalue weighted by Crippen LogP contribution is -2.13. The lowest BCUT2D eigenvalue weighted by molar-refractivity contribution is -0.114. The van der Waals surface area contributed by atoms with Crippen LogP contribution in [-0.2, 0) is 4.79 Å². The van der Waals surface area contributed by atoms with Gasteiger partial charge in [-0.25, -0.2) is 0 Å². The molecular weight excluding hydrogens is 268 g/mol. The first-order valence-corrected chi connectivity index (χ1v) is 6.42. The zero-order valence-corrected chi connectivity index (χ0v) is 11.8. The van der Waals surface area contributed by atoms with E-state index in [9.17, 15) is 9.59 Å². The normalized spacial score (nSPS) is 9.81. The molecule has 0 heterocycles. The van der Waals surface area contributed by atoms with Crippen LogP contribution in [0.3, 0.4) is 0 Å². The minimum absolute atomic E-state index is 0.168. The zero-order valence-electron chi connectivity index (χ0n) is 11.8. The lowest BCUT2D eigenvalue weighted by atomic mass is 10.2. The minimum atomic E-state index is -0.221. The largest absolute Gasteiger partial charge is 0.494 e. The Morgan fingerprint density at radius 2 is 1.71 bits per heavy atom. The van der Waals surface area contributed by atoms with Gasteiger partial charge in [-0.2, -0.15) is 0 Å². The Balaban J connectivity index is 2.20. The number of ether oxygens (including phenoxy) is 1. The summed E-state index contributed by atoms with van der Waals surface area (Å²) >= 11 is 0. The van der Waals surface area contributed by atoms with E-state index in [0.717, 1.165) is 0 Å². The van der Waals surface area contributed by atoms with Crippen LogP contribution < -0.4 is 15.4 Å². The SMILES string of the molecule is COc1cc(NC(C)=O)ccc1NC(=O)c1ccccc1. The van der Waals surface area contributed by atoms with E-state index >= 15 is 0 Å². The summed E-state index contributed by atoms with van der Waals surface area (Å²) in [6, 6.07) is 13.9. The number of rotatable bonds is 4. The number of hydrogen-bond donors (Lipinski definition) is 2. The van der Waals surface area contributed by atoms with E-state index in [4.69, 9.17) is 4.74 Å². The predicted octanol–water partition coefficient (Wildman–Crippen LogP) is 2.91. The molecule has 0 bridgehead atoms. The average molecular weight is 284 g/mol. The molecule has 0 atom stereocenters. The van der Waals surface area contributed by atoms with Gasteiger partial charge in [-0.15, -0.1) is 0 Å². The summed E-state index contributed by atoms with van der Waals surface area (Å²) in [5.74, 6) is 0.0878. The second-order valence-electron chi connectivity index (χ2n) is 4.42. The molecule has 0 radical (unpaired) electrons. The van der Waals surface area contributed by atoms with Crippen molar-refractivity contribution in [2.75, 3.05) is 17.7 Å². The average Bonchev–Trinajstić information content (AvgIpc) is 2.49. The number of anilines is 2. The Kier molecular flexibility index (Phi) is 4.56. The van der Waals surface area contributed by atoms with Crippen molar-refractivity contribution in [3.63, 3.8) is 0 Å². The molecule has 21 heavy (non-hydrogen) atoms. The molecule has 2 aromatic carbocycles. The van der Waals surface area contributed by atoms with Crippen molar-refractivity contribution in [3.05, 3.63) is 54.1 Å². The first-order valence-electron chi connectivity index (χ1n) is 6.42. The van der Waals surface area contributed by atoms with Gasteiger partial charge in [-0.05, 0) is 24.3 Å². The van der Waals surface area contributed by atoms with E-state index in [1.54, 1.807) is 42.5 Å². The van der Waals surface area contributed by atoms with Gasteiger partial charge < -0.3 is 15.4 Å². The molecule has 0 unspecified atom stereocenters. The highest BCUT2D eigenvalue weighted by Crippen LogP contribution is 2.28. The number of carbonyl (C=O) groups is 2. The highest BCUT2D eigenvalue weighted by molar-refractivity contribution is 6.05. The maximum Gasteiger partial charge on any atom is 0.255 e. The molecule has 0 aliphatic rings. The fraction of sp³-hybridized carbons (Fsp3) is 0.125. The summed E-state index contributed by atoms with van der Waals surface area (Å²) in [7, 11) is 1.51. The van der Waals surface area contributed by atoms with Crippen LogP contribution in [0.1, 0.15) is 17.3 Å². The van der Waals surface area contributed by atoms with E-state index in [-0.39, 0.29) is 11.8 Å². The molecule has 0 fully saturated rings. The first kappa shape index (κ1) is 14.6. The molecule has 2 aromatic rings. The molecule has 2 rings (SSSR count). The lowest BCUT2D eigenvalue weighted by Gasteiger charge is -2.12. The van der Waals surface area contributed by atoms with E-state index in [1.807, 2.05) is 6.07 Å². The maximum absolute atomic E-state index is 12.1. The standard InChI is InChI=1S/C16H16N2O3/c1-11(19)17-13-8-9-14(15(10-13)21-2)18-16(20)12-6-4-3-5-7-12/h3-10H,1-2H3,(H,17,19)(H,18,20). The van der Waals surface area contributed by atoms with Gasteiger partial charge in [0.2, 0.25) is 5.91 Å². The van der Waals surface area contributed by atoms with Crippen molar-refractivity contribution in [1.29, 1.82) is 0 Å². The number of amides is 2. The number of methoxy groups -OCH3 is 1. The van der Waals surface area contributed by atoms with Crippen LogP contribution >= 0.6 is 0 Å². The summed E-state index contributed by atoms with van der Waals surface area (Å²) in [5, 5.41) is 5.44. The van der Waals surface area contributed by atoms with E-state index in [0.29, 0.717) is 22.7 Å². The molecule has 0 saturated heterocycles. The number of benzene rings is 2. The maximum atomic E-state index is 12.1. The van der Waals surface area contributed by atoms with Crippen LogP contribution in [0.25, 0.3) is 0 Å². The second kappa shape index (κ2) is 6.56. The predicted molar refractivity (Wildman–Crippen MR) is 81.7 cm³/mol. The fourth-order valence-electron chi connectivity index (χ4n) is 1.86. The van der Waals surface area contributed by atoms with Crippen molar-refractivity contribution < 1.29 is 14.3 Å². The van der Waals surface area contributed by atoms with Crippen LogP contribution in [-0.4, -0.2) is 18.9 Å². The van der Waals surface area contributed by atoms with E-state index in [1.165, 1.54) is 14.0 Å². The molecule has 0 aliphatic carbocycles. The molecular formula is C16H16N2O3. The van der Waals surface area contributed by atoms with Crippen molar-refractivity contribution >= 4 is 23.2 Å². The second-order valence-corrected chi connectivity index (χ2v) is 4.42. The van der Waals surface area contributed by atoms with E-state index in [2.05, 4.69) is 10.6 Å². The third kappa shape index (κ3) is 3.82. The number of nitrogens with one attached hydrogen (secondary N) is 2. The van der Waals surface area contributed by atoms with E-state index < -0.39 is 0 Å². The van der Waals surface area contributed by atoms with Gasteiger partial charge in [0.15, 0.2) is 0 Å². The van der Waals surface area contributed by atoms with Crippen molar-refractivity contribution in [1.82, 2.24) is 0 Å². The molecule has 5 heteroatoms. The third-order valence-corrected chi connectivity index (χ3v) is 2.81. The molecule has 0 saturated carbocycles. The molecule has 0 aromatic heterocycles. The quantitative estimate of drug-likeness (QED) is 0.907. The zero-order chi connectivity index (χ0) is 15.2. The molecule has 0 spiro atoms. The Morgan fingerprint density at radius 3 is 2.33 bits per heavy atom. The van der Waals surface area contributed by atoms with Crippen LogP contribution in [0.2, 0.25) is 0 Å². The molecule has 2 amide bonds. The van der Waals surface area contributed by atoms with Gasteiger partial charge in [0.25, 0.3) is 5.91 Å². The first-order chi connectivity index (χ1) is 10.1. The van der Waals surface area contributed by atoms with Crippen molar-refractivity contribution in [2.24, 2.45) is 0 Å². The van der Waals surface area contributed by atoms with Crippen molar-refractivity contribution in [3.8, 4) is 5.75 Å². The Hall–Kier alpha value is -2.82. The molecule has 2 N–H and O–H groups in total. The summed E-state index contributed by atoms with van der Waals surface area (Å²) in [4.78, 5) is 23.1. The molecule has 108 valence electrons. The summed E-state index contributed by atoms with van der Waals surface area (Å²) in [6.07, 6.45) is 0. The van der Waals surface area contributed by atoms with Gasteiger partial charge >= 0.3 is 0 Å². The Labute approximate surface area is 122 Å². The summed E-state index contributed by atoms with van der Waals surface area (Å²) < 4.78 is 5.24. The summed E-state index contributed by atoms with van der Waals surface area (Å²) in [5.41, 5.74) is 1.71. The van der Waals surface area contributed by atoms with Crippen LogP contribution in [0.15, 0.2) is 48.5 Å². The van der Waals surface area contributed by atoms with Gasteiger partial charge in [0.1, 0.15) is 5.75 Å². The topological polar surface area (TPSA) is 67.4 Å². The van der Waals surface area contributed by atoms with Gasteiger partial charge in [-0.1, -0.05) is 18.2 Å². The van der Waals surface area contributed by atoms with Gasteiger partial charge in [0, 0.05) is 24.2 Å². The highest BCUT2D eigenvalue weighted by Gasteiger charge is 2.10. The number of hydrogen-bond acceptors (Lipinski definition) is 3. The fourth-order valence-corrected chi connectivity index (χ4v) is 1.86. The highest BCUT2D eigenvalue weighted by atomic mass is 16.5. The smallest absolute Gasteiger partial charge is 0.255 e. The molecule has 5 nitrogen and oxygen atoms in total. The summed E-state index contributed by atoms with van der Waals surface area (Å²) in [6.45, 7) is 1.43. The minimum Gasteiger partial charge on any atom is -0.494 e. The Bertz CT molecular complexity index is 654. The van der Waals surface area contributed by atoms with Crippen molar-refractivity contribution in [2.45, 2.75) is 6.92 Å². The third-order valence-electron chi connectivity index (χ3n) is 2.81. The van der Waals surface area contributed by atoms with Crippen LogP contribution in [0.4, 0.5) is 11.4 Å². The van der Waals surface area contributed by atoms with Crippen LogP contribution in [0, 0.1) is 0 Å². The van der Waals surface area contributed by atoms with Crippen LogP contribution in [0.5, 0.6) is 5.75 Å². The monoisotopic (exact) mass is 284 g/mol. The number of carbonyl (C=O) groups excluding carboxylic acids is 2. The Morgan fingerprint density at radius 1 is 1.00 bits per heavy atom. The van der Waals surface area contributed by atoms with Gasteiger partial charge in [0.05, 0.1) is 12.8 Å².